The largest absolute Gasteiger partial charge is 0.370 e. The van der Waals surface area contributed by atoms with Crippen LogP contribution in [0.5, 0.6) is 0 Å². The molecular weight excluding hydrogens is 344 g/mol. The van der Waals surface area contributed by atoms with Gasteiger partial charge in [-0.1, -0.05) is 28.9 Å². The quantitative estimate of drug-likeness (QED) is 0.487. The van der Waals surface area contributed by atoms with E-state index >= 15 is 0 Å². The number of rotatable bonds is 4. The van der Waals surface area contributed by atoms with Gasteiger partial charge in [-0.25, -0.2) is 0 Å². The van der Waals surface area contributed by atoms with Crippen molar-refractivity contribution in [1.29, 1.82) is 0 Å². The number of benzene rings is 1. The first-order chi connectivity index (χ1) is 10.6. The highest BCUT2D eigenvalue weighted by molar-refractivity contribution is 9.10. The summed E-state index contributed by atoms with van der Waals surface area (Å²) in [6, 6.07) is 7.31. The minimum atomic E-state index is -0.0955. The van der Waals surface area contributed by atoms with Gasteiger partial charge in [-0.05, 0) is 37.0 Å². The second kappa shape index (κ2) is 8.17. The average Bonchev–Trinajstić information content (AvgIpc) is 2.51. The van der Waals surface area contributed by atoms with Crippen LogP contribution >= 0.6 is 15.9 Å². The molecule has 6 heteroatoms. The molecule has 1 aromatic rings. The van der Waals surface area contributed by atoms with Crippen molar-refractivity contribution in [3.63, 3.8) is 0 Å². The first-order valence-corrected chi connectivity index (χ1v) is 8.44. The predicted octanol–water partition coefficient (Wildman–Crippen LogP) is 2.23. The number of piperidine rings is 1. The van der Waals surface area contributed by atoms with Crippen molar-refractivity contribution in [2.45, 2.75) is 19.8 Å². The summed E-state index contributed by atoms with van der Waals surface area (Å²) >= 11 is 3.36. The Morgan fingerprint density at radius 1 is 1.45 bits per heavy atom. The first-order valence-electron chi connectivity index (χ1n) is 7.65. The molecule has 120 valence electrons. The number of guanidine groups is 1. The summed E-state index contributed by atoms with van der Waals surface area (Å²) in [7, 11) is 0. The Balaban J connectivity index is 1.74. The predicted molar refractivity (Wildman–Crippen MR) is 92.9 cm³/mol. The van der Waals surface area contributed by atoms with Crippen molar-refractivity contribution in [3.05, 3.63) is 34.3 Å². The summed E-state index contributed by atoms with van der Waals surface area (Å²) in [5, 5.41) is 2.85. The van der Waals surface area contributed by atoms with Gasteiger partial charge in [-0.3, -0.25) is 9.79 Å². The molecule has 0 spiro atoms. The molecule has 1 amide bonds. The number of carbonyl (C=O) groups is 1. The van der Waals surface area contributed by atoms with Gasteiger partial charge in [0.05, 0.1) is 6.54 Å². The van der Waals surface area contributed by atoms with Crippen molar-refractivity contribution >= 4 is 27.8 Å². The van der Waals surface area contributed by atoms with Crippen LogP contribution in [0.1, 0.15) is 30.1 Å². The van der Waals surface area contributed by atoms with Crippen LogP contribution in [0.4, 0.5) is 0 Å². The number of amides is 1. The third-order valence-corrected chi connectivity index (χ3v) is 4.36. The number of likely N-dealkylation sites (tertiary alicyclic amines) is 1. The van der Waals surface area contributed by atoms with E-state index in [4.69, 9.17) is 5.73 Å². The Hall–Kier alpha value is -1.56. The fourth-order valence-electron chi connectivity index (χ4n) is 2.41. The number of hydrogen-bond acceptors (Lipinski definition) is 2. The molecule has 1 aliphatic rings. The number of aliphatic imine (C=N–C) groups is 1. The monoisotopic (exact) mass is 366 g/mol. The van der Waals surface area contributed by atoms with Gasteiger partial charge in [0.15, 0.2) is 5.96 Å². The van der Waals surface area contributed by atoms with Crippen LogP contribution in [0.3, 0.4) is 0 Å². The fourth-order valence-corrected chi connectivity index (χ4v) is 2.81. The normalized spacial score (nSPS) is 16.6. The summed E-state index contributed by atoms with van der Waals surface area (Å²) < 4.78 is 0.891. The van der Waals surface area contributed by atoms with Crippen LogP contribution in [0, 0.1) is 5.92 Å². The number of carbonyl (C=O) groups excluding carboxylic acids is 1. The summed E-state index contributed by atoms with van der Waals surface area (Å²) in [5.74, 6) is 1.26. The Labute approximate surface area is 140 Å². The molecule has 1 aromatic carbocycles. The maximum absolute atomic E-state index is 12.0. The van der Waals surface area contributed by atoms with Gasteiger partial charge in [0, 0.05) is 29.7 Å². The molecule has 0 atom stereocenters. The molecule has 22 heavy (non-hydrogen) atoms. The molecule has 0 saturated carbocycles. The van der Waals surface area contributed by atoms with Crippen molar-refractivity contribution in [2.75, 3.05) is 26.2 Å². The SMILES string of the molecule is CC1CCN(C(N)=NCCNC(=O)c2cccc(Br)c2)CC1. The minimum absolute atomic E-state index is 0.0955. The van der Waals surface area contributed by atoms with E-state index in [0.717, 1.165) is 36.3 Å². The van der Waals surface area contributed by atoms with Crippen molar-refractivity contribution in [3.8, 4) is 0 Å². The van der Waals surface area contributed by atoms with Crippen molar-refractivity contribution in [2.24, 2.45) is 16.6 Å². The zero-order valence-corrected chi connectivity index (χ0v) is 14.5. The minimum Gasteiger partial charge on any atom is -0.370 e. The fraction of sp³-hybridized carbons (Fsp3) is 0.500. The highest BCUT2D eigenvalue weighted by atomic mass is 79.9. The molecule has 3 N–H and O–H groups in total. The topological polar surface area (TPSA) is 70.7 Å². The molecule has 0 unspecified atom stereocenters. The third kappa shape index (κ3) is 5.02. The summed E-state index contributed by atoms with van der Waals surface area (Å²) in [6.45, 7) is 5.19. The average molecular weight is 367 g/mol. The lowest BCUT2D eigenvalue weighted by molar-refractivity contribution is 0.0954. The standard InChI is InChI=1S/C16H23BrN4O/c1-12-5-9-21(10-6-12)16(18)20-8-7-19-15(22)13-3-2-4-14(17)11-13/h2-4,11-12H,5-10H2,1H3,(H2,18,20)(H,19,22). The van der Waals surface area contributed by atoms with Crippen LogP contribution in [-0.2, 0) is 0 Å². The van der Waals surface area contributed by atoms with Gasteiger partial charge in [0.2, 0.25) is 0 Å². The molecule has 2 rings (SSSR count). The van der Waals surface area contributed by atoms with E-state index in [-0.39, 0.29) is 5.91 Å². The van der Waals surface area contributed by atoms with Gasteiger partial charge in [0.25, 0.3) is 5.91 Å². The third-order valence-electron chi connectivity index (χ3n) is 3.87. The summed E-state index contributed by atoms with van der Waals surface area (Å²) in [6.07, 6.45) is 2.33. The van der Waals surface area contributed by atoms with Gasteiger partial charge >= 0.3 is 0 Å². The van der Waals surface area contributed by atoms with Crippen LogP contribution in [0.15, 0.2) is 33.7 Å². The van der Waals surface area contributed by atoms with Gasteiger partial charge < -0.3 is 16.0 Å². The Morgan fingerprint density at radius 3 is 2.86 bits per heavy atom. The van der Waals surface area contributed by atoms with Crippen LogP contribution in [-0.4, -0.2) is 42.9 Å². The molecule has 1 heterocycles. The maximum Gasteiger partial charge on any atom is 0.251 e. The van der Waals surface area contributed by atoms with Crippen LogP contribution in [0.25, 0.3) is 0 Å². The lowest BCUT2D eigenvalue weighted by atomic mass is 10.00. The Kier molecular flexibility index (Phi) is 6.24. The molecule has 0 aromatic heterocycles. The highest BCUT2D eigenvalue weighted by Gasteiger charge is 2.16. The molecule has 1 fully saturated rings. The van der Waals surface area contributed by atoms with E-state index in [9.17, 15) is 4.79 Å². The zero-order valence-electron chi connectivity index (χ0n) is 12.9. The molecule has 0 radical (unpaired) electrons. The lowest BCUT2D eigenvalue weighted by Crippen LogP contribution is -2.42. The molecular formula is C16H23BrN4O. The van der Waals surface area contributed by atoms with Gasteiger partial charge in [-0.15, -0.1) is 0 Å². The van der Waals surface area contributed by atoms with Crippen molar-refractivity contribution < 1.29 is 4.79 Å². The van der Waals surface area contributed by atoms with E-state index in [1.807, 2.05) is 12.1 Å². The number of nitrogens with two attached hydrogens (primary N) is 1. The van der Waals surface area contributed by atoms with E-state index in [2.05, 4.69) is 38.1 Å². The van der Waals surface area contributed by atoms with Crippen LogP contribution in [0.2, 0.25) is 0 Å². The Bertz CT molecular complexity index is 539. The van der Waals surface area contributed by atoms with E-state index in [0.29, 0.717) is 24.6 Å². The van der Waals surface area contributed by atoms with Crippen molar-refractivity contribution in [1.82, 2.24) is 10.2 Å². The second-order valence-corrected chi connectivity index (χ2v) is 6.59. The first kappa shape index (κ1) is 16.8. The summed E-state index contributed by atoms with van der Waals surface area (Å²) in [4.78, 5) is 18.4. The van der Waals surface area contributed by atoms with Gasteiger partial charge in [0.1, 0.15) is 0 Å². The number of halogens is 1. The molecule has 1 aliphatic heterocycles. The highest BCUT2D eigenvalue weighted by Crippen LogP contribution is 2.15. The number of nitrogens with zero attached hydrogens (tertiary/aromatic N) is 2. The Morgan fingerprint density at radius 2 is 2.18 bits per heavy atom. The zero-order chi connectivity index (χ0) is 15.9. The van der Waals surface area contributed by atoms with E-state index < -0.39 is 0 Å². The van der Waals surface area contributed by atoms with E-state index in [1.54, 1.807) is 12.1 Å². The molecule has 0 bridgehead atoms. The molecule has 1 saturated heterocycles. The van der Waals surface area contributed by atoms with Crippen LogP contribution < -0.4 is 11.1 Å². The number of nitrogens with one attached hydrogen (secondary N) is 1. The molecule has 5 nitrogen and oxygen atoms in total. The maximum atomic E-state index is 12.0. The van der Waals surface area contributed by atoms with Gasteiger partial charge in [-0.2, -0.15) is 0 Å². The second-order valence-electron chi connectivity index (χ2n) is 5.68. The smallest absolute Gasteiger partial charge is 0.251 e. The molecule has 0 aliphatic carbocycles. The number of hydrogen-bond donors (Lipinski definition) is 2. The summed E-state index contributed by atoms with van der Waals surface area (Å²) in [5.41, 5.74) is 6.63. The van der Waals surface area contributed by atoms with E-state index in [1.165, 1.54) is 0 Å². The lowest BCUT2D eigenvalue weighted by Gasteiger charge is -2.31.